The van der Waals surface area contributed by atoms with Crippen LogP contribution in [0.4, 0.5) is 5.69 Å². The second kappa shape index (κ2) is 10.0. The molecule has 0 amide bonds. The van der Waals surface area contributed by atoms with Gasteiger partial charge in [0.15, 0.2) is 18.9 Å². The molecule has 0 saturated carbocycles. The van der Waals surface area contributed by atoms with Crippen molar-refractivity contribution < 1.29 is 21.7 Å². The minimum absolute atomic E-state index is 0. The minimum atomic E-state index is 0. The maximum absolute atomic E-state index is 5.40. The standard InChI is InChI=1S/C17H29N2O.ClH/c1-3-5-6-16(4-2)15-18-9-7-17(8-10-18)19-11-13-20-14-12-19;/h7-10,16H,3-6,11-15H2,1-2H3;1H/q+1;/p-1. The topological polar surface area (TPSA) is 16.4 Å². The van der Waals surface area contributed by atoms with Gasteiger partial charge in [0, 0.05) is 36.8 Å². The van der Waals surface area contributed by atoms with Crippen molar-refractivity contribution >= 4 is 5.69 Å². The van der Waals surface area contributed by atoms with Crippen LogP contribution in [0.3, 0.4) is 0 Å². The van der Waals surface area contributed by atoms with Gasteiger partial charge in [0.05, 0.1) is 13.2 Å². The summed E-state index contributed by atoms with van der Waals surface area (Å²) in [6, 6.07) is 4.50. The summed E-state index contributed by atoms with van der Waals surface area (Å²) in [5.41, 5.74) is 1.33. The molecular formula is C17H29ClN2O. The molecule has 1 atom stereocenters. The number of hydrogen-bond donors (Lipinski definition) is 0. The highest BCUT2D eigenvalue weighted by molar-refractivity contribution is 5.43. The van der Waals surface area contributed by atoms with Crippen LogP contribution in [0, 0.1) is 5.92 Å². The van der Waals surface area contributed by atoms with E-state index < -0.39 is 0 Å². The van der Waals surface area contributed by atoms with E-state index in [1.165, 1.54) is 31.4 Å². The molecule has 2 heterocycles. The summed E-state index contributed by atoms with van der Waals surface area (Å²) in [5, 5.41) is 0. The van der Waals surface area contributed by atoms with Gasteiger partial charge in [0.2, 0.25) is 0 Å². The van der Waals surface area contributed by atoms with Crippen LogP contribution in [0.5, 0.6) is 0 Å². The second-order valence-electron chi connectivity index (χ2n) is 5.77. The Hall–Kier alpha value is -0.800. The van der Waals surface area contributed by atoms with Gasteiger partial charge in [-0.2, -0.15) is 0 Å². The largest absolute Gasteiger partial charge is 1.00 e. The molecule has 0 spiro atoms. The fourth-order valence-corrected chi connectivity index (χ4v) is 2.82. The number of rotatable bonds is 7. The van der Waals surface area contributed by atoms with E-state index in [0.717, 1.165) is 38.8 Å². The molecule has 1 aliphatic heterocycles. The summed E-state index contributed by atoms with van der Waals surface area (Å²) < 4.78 is 7.74. The first kappa shape index (κ1) is 18.2. The molecule has 3 nitrogen and oxygen atoms in total. The lowest BCUT2D eigenvalue weighted by Crippen LogP contribution is -3.00. The maximum atomic E-state index is 5.40. The van der Waals surface area contributed by atoms with Gasteiger partial charge in [0.25, 0.3) is 0 Å². The summed E-state index contributed by atoms with van der Waals surface area (Å²) in [5.74, 6) is 0.814. The molecule has 120 valence electrons. The van der Waals surface area contributed by atoms with E-state index in [-0.39, 0.29) is 12.4 Å². The molecule has 1 unspecified atom stereocenters. The number of hydrogen-bond acceptors (Lipinski definition) is 2. The van der Waals surface area contributed by atoms with Crippen molar-refractivity contribution in [3.8, 4) is 0 Å². The number of aromatic nitrogens is 1. The summed E-state index contributed by atoms with van der Waals surface area (Å²) in [6.45, 7) is 9.46. The lowest BCUT2D eigenvalue weighted by atomic mass is 9.99. The van der Waals surface area contributed by atoms with E-state index in [1.807, 2.05) is 0 Å². The first-order valence-electron chi connectivity index (χ1n) is 8.15. The smallest absolute Gasteiger partial charge is 0.170 e. The van der Waals surface area contributed by atoms with Gasteiger partial charge < -0.3 is 22.0 Å². The van der Waals surface area contributed by atoms with Crippen molar-refractivity contribution in [1.29, 1.82) is 0 Å². The summed E-state index contributed by atoms with van der Waals surface area (Å²) in [7, 11) is 0. The van der Waals surface area contributed by atoms with E-state index in [0.29, 0.717) is 0 Å². The van der Waals surface area contributed by atoms with Crippen molar-refractivity contribution in [3.63, 3.8) is 0 Å². The Kier molecular flexibility index (Phi) is 8.70. The van der Waals surface area contributed by atoms with E-state index >= 15 is 0 Å². The fourth-order valence-electron chi connectivity index (χ4n) is 2.82. The molecule has 0 bridgehead atoms. The number of unbranched alkanes of at least 4 members (excludes halogenated alkanes) is 1. The van der Waals surface area contributed by atoms with Gasteiger partial charge in [-0.1, -0.05) is 26.7 Å². The SMILES string of the molecule is CCCCC(CC)C[n+]1ccc(N2CCOCC2)cc1.[Cl-]. The van der Waals surface area contributed by atoms with Crippen LogP contribution in [0.25, 0.3) is 0 Å². The highest BCUT2D eigenvalue weighted by Gasteiger charge is 2.14. The molecule has 0 aliphatic carbocycles. The average Bonchev–Trinajstić information content (AvgIpc) is 2.53. The Morgan fingerprint density at radius 1 is 1.19 bits per heavy atom. The summed E-state index contributed by atoms with van der Waals surface area (Å²) >= 11 is 0. The molecule has 0 aromatic carbocycles. The molecule has 1 aliphatic rings. The Labute approximate surface area is 135 Å². The van der Waals surface area contributed by atoms with E-state index in [4.69, 9.17) is 4.74 Å². The third kappa shape index (κ3) is 5.84. The van der Waals surface area contributed by atoms with E-state index in [9.17, 15) is 0 Å². The van der Waals surface area contributed by atoms with Crippen LogP contribution in [0.15, 0.2) is 24.5 Å². The molecule has 21 heavy (non-hydrogen) atoms. The molecule has 0 N–H and O–H groups in total. The first-order chi connectivity index (χ1) is 9.83. The van der Waals surface area contributed by atoms with Gasteiger partial charge >= 0.3 is 0 Å². The third-order valence-electron chi connectivity index (χ3n) is 4.26. The van der Waals surface area contributed by atoms with Gasteiger partial charge in [-0.3, -0.25) is 0 Å². The highest BCUT2D eigenvalue weighted by Crippen LogP contribution is 2.15. The Morgan fingerprint density at radius 2 is 1.86 bits per heavy atom. The van der Waals surface area contributed by atoms with Crippen molar-refractivity contribution in [2.24, 2.45) is 5.92 Å². The van der Waals surface area contributed by atoms with Crippen LogP contribution in [0.2, 0.25) is 0 Å². The number of nitrogens with zero attached hydrogens (tertiary/aromatic N) is 2. The van der Waals surface area contributed by atoms with Crippen LogP contribution < -0.4 is 21.9 Å². The predicted octanol–water partition coefficient (Wildman–Crippen LogP) is 0.0311. The van der Waals surface area contributed by atoms with Crippen molar-refractivity contribution in [2.45, 2.75) is 46.1 Å². The molecule has 2 rings (SSSR count). The number of halogens is 1. The van der Waals surface area contributed by atoms with E-state index in [2.05, 4.69) is 47.8 Å². The van der Waals surface area contributed by atoms with E-state index in [1.54, 1.807) is 0 Å². The number of morpholine rings is 1. The number of anilines is 1. The normalized spacial score (nSPS) is 16.4. The maximum Gasteiger partial charge on any atom is 0.170 e. The summed E-state index contributed by atoms with van der Waals surface area (Å²) in [6.07, 6.45) is 9.75. The predicted molar refractivity (Wildman–Crippen MR) is 83.0 cm³/mol. The summed E-state index contributed by atoms with van der Waals surface area (Å²) in [4.78, 5) is 2.40. The van der Waals surface area contributed by atoms with Crippen LogP contribution in [-0.2, 0) is 11.3 Å². The lowest BCUT2D eigenvalue weighted by Gasteiger charge is -2.28. The molecule has 0 radical (unpaired) electrons. The van der Waals surface area contributed by atoms with Crippen molar-refractivity contribution in [3.05, 3.63) is 24.5 Å². The Morgan fingerprint density at radius 3 is 2.43 bits per heavy atom. The fraction of sp³-hybridized carbons (Fsp3) is 0.706. The second-order valence-corrected chi connectivity index (χ2v) is 5.77. The van der Waals surface area contributed by atoms with Crippen LogP contribution in [-0.4, -0.2) is 26.3 Å². The number of ether oxygens (including phenoxy) is 1. The minimum Gasteiger partial charge on any atom is -1.00 e. The number of pyridine rings is 1. The van der Waals surface area contributed by atoms with Crippen LogP contribution >= 0.6 is 0 Å². The Balaban J connectivity index is 0.00000220. The zero-order chi connectivity index (χ0) is 14.2. The van der Waals surface area contributed by atoms with Crippen LogP contribution in [0.1, 0.15) is 39.5 Å². The Bertz CT molecular complexity index is 377. The zero-order valence-corrected chi connectivity index (χ0v) is 14.2. The van der Waals surface area contributed by atoms with Gasteiger partial charge in [-0.15, -0.1) is 0 Å². The molecule has 1 saturated heterocycles. The lowest BCUT2D eigenvalue weighted by molar-refractivity contribution is -0.703. The molecule has 4 heteroatoms. The molecule has 1 fully saturated rings. The zero-order valence-electron chi connectivity index (χ0n) is 13.4. The van der Waals surface area contributed by atoms with Gasteiger partial charge in [-0.05, 0) is 12.8 Å². The molecular weight excluding hydrogens is 284 g/mol. The van der Waals surface area contributed by atoms with Crippen molar-refractivity contribution in [2.75, 3.05) is 31.2 Å². The monoisotopic (exact) mass is 312 g/mol. The first-order valence-corrected chi connectivity index (χ1v) is 8.15. The van der Waals surface area contributed by atoms with Crippen molar-refractivity contribution in [1.82, 2.24) is 0 Å². The molecule has 1 aromatic rings. The average molecular weight is 313 g/mol. The van der Waals surface area contributed by atoms with Gasteiger partial charge in [0.1, 0.15) is 0 Å². The third-order valence-corrected chi connectivity index (χ3v) is 4.26. The molecule has 1 aromatic heterocycles. The quantitative estimate of drug-likeness (QED) is 0.661. The highest BCUT2D eigenvalue weighted by atomic mass is 35.5. The van der Waals surface area contributed by atoms with Gasteiger partial charge in [-0.25, -0.2) is 4.57 Å².